The van der Waals surface area contributed by atoms with E-state index in [0.717, 1.165) is 24.8 Å². The second-order valence-electron chi connectivity index (χ2n) is 9.28. The number of ether oxygens (including phenoxy) is 1. The van der Waals surface area contributed by atoms with Crippen molar-refractivity contribution in [2.75, 3.05) is 13.7 Å². The number of methoxy groups -OCH3 is 1. The van der Waals surface area contributed by atoms with Crippen LogP contribution in [0.3, 0.4) is 0 Å². The van der Waals surface area contributed by atoms with E-state index in [1.807, 2.05) is 26.0 Å². The number of esters is 1. The van der Waals surface area contributed by atoms with E-state index in [0.29, 0.717) is 24.2 Å². The summed E-state index contributed by atoms with van der Waals surface area (Å²) in [5.41, 5.74) is 1.01. The number of likely N-dealkylation sites (tertiary alicyclic amines) is 1. The van der Waals surface area contributed by atoms with E-state index in [9.17, 15) is 14.4 Å². The third-order valence-corrected chi connectivity index (χ3v) is 6.11. The van der Waals surface area contributed by atoms with Gasteiger partial charge in [-0.2, -0.15) is 0 Å². The van der Waals surface area contributed by atoms with Crippen LogP contribution in [0.4, 0.5) is 0 Å². The van der Waals surface area contributed by atoms with Gasteiger partial charge in [0.25, 0.3) is 5.78 Å². The van der Waals surface area contributed by atoms with Crippen molar-refractivity contribution in [2.24, 2.45) is 0 Å². The van der Waals surface area contributed by atoms with Crippen molar-refractivity contribution in [3.8, 4) is 0 Å². The molecule has 1 N–H and O–H groups in total. The van der Waals surface area contributed by atoms with E-state index in [-0.39, 0.29) is 17.4 Å². The van der Waals surface area contributed by atoms with Crippen LogP contribution >= 0.6 is 0 Å². The zero-order chi connectivity index (χ0) is 22.5. The van der Waals surface area contributed by atoms with E-state index in [2.05, 4.69) is 35.7 Å². The van der Waals surface area contributed by atoms with Crippen molar-refractivity contribution >= 4 is 17.7 Å². The molecule has 166 valence electrons. The molecule has 0 bridgehead atoms. The van der Waals surface area contributed by atoms with Gasteiger partial charge >= 0.3 is 5.97 Å². The maximum Gasteiger partial charge on any atom is 0.379 e. The van der Waals surface area contributed by atoms with Crippen LogP contribution in [0, 0.1) is 0 Å². The number of nitrogens with one attached hydrogen (secondary N) is 1. The lowest BCUT2D eigenvalue weighted by molar-refractivity contribution is -0.135. The Hall–Kier alpha value is -2.21. The van der Waals surface area contributed by atoms with Crippen LogP contribution in [0.1, 0.15) is 82.1 Å². The Morgan fingerprint density at radius 1 is 1.13 bits per heavy atom. The number of rotatable bonds is 8. The largest absolute Gasteiger partial charge is 0.463 e. The molecule has 0 saturated carbocycles. The first-order chi connectivity index (χ1) is 14.0. The normalized spacial score (nSPS) is 21.0. The molecule has 3 unspecified atom stereocenters. The summed E-state index contributed by atoms with van der Waals surface area (Å²) in [6.45, 7) is 11.0. The summed E-state index contributed by atoms with van der Waals surface area (Å²) in [5, 5.41) is 3.20. The molecule has 2 rings (SSSR count). The minimum Gasteiger partial charge on any atom is -0.463 e. The van der Waals surface area contributed by atoms with Crippen LogP contribution < -0.4 is 5.32 Å². The van der Waals surface area contributed by atoms with Crippen molar-refractivity contribution in [3.63, 3.8) is 0 Å². The maximum absolute atomic E-state index is 12.7. The lowest BCUT2D eigenvalue weighted by Crippen LogP contribution is -2.52. The molecule has 1 aliphatic heterocycles. The van der Waals surface area contributed by atoms with Gasteiger partial charge in [-0.25, -0.2) is 4.79 Å². The molecule has 3 atom stereocenters. The quantitative estimate of drug-likeness (QED) is 0.397. The summed E-state index contributed by atoms with van der Waals surface area (Å²) >= 11 is 0. The van der Waals surface area contributed by atoms with E-state index in [4.69, 9.17) is 0 Å². The van der Waals surface area contributed by atoms with Gasteiger partial charge in [0.2, 0.25) is 5.91 Å². The molecule has 1 aromatic carbocycles. The summed E-state index contributed by atoms with van der Waals surface area (Å²) in [6.07, 6.45) is 4.28. The minimum absolute atomic E-state index is 0.0619. The molecule has 1 saturated heterocycles. The standard InChI is InChI=1S/C24H36N2O4/c1-16(19-10-12-20(13-11-19)22(28)23(29)30-6)14-24(4,5)25-21(27)15-26-17(2)8-7-9-18(26)3/h10-13,16-18H,7-9,14-15H2,1-6H3,(H,25,27). The lowest BCUT2D eigenvalue weighted by atomic mass is 9.86. The predicted octanol–water partition coefficient (Wildman–Crippen LogP) is 3.69. The van der Waals surface area contributed by atoms with Gasteiger partial charge in [-0.15, -0.1) is 0 Å². The Balaban J connectivity index is 1.94. The van der Waals surface area contributed by atoms with Crippen LogP contribution in [-0.2, 0) is 14.3 Å². The van der Waals surface area contributed by atoms with Gasteiger partial charge in [0.1, 0.15) is 0 Å². The van der Waals surface area contributed by atoms with Gasteiger partial charge in [0, 0.05) is 23.2 Å². The second kappa shape index (κ2) is 10.2. The number of Topliss-reactive ketones (excluding diaryl/α,β-unsaturated/α-hetero) is 1. The molecule has 30 heavy (non-hydrogen) atoms. The van der Waals surface area contributed by atoms with E-state index in [1.165, 1.54) is 13.5 Å². The molecule has 1 fully saturated rings. The van der Waals surface area contributed by atoms with Gasteiger partial charge in [-0.3, -0.25) is 14.5 Å². The number of carbonyl (C=O) groups excluding carboxylic acids is 3. The number of amides is 1. The second-order valence-corrected chi connectivity index (χ2v) is 9.28. The smallest absolute Gasteiger partial charge is 0.379 e. The van der Waals surface area contributed by atoms with Gasteiger partial charge < -0.3 is 10.1 Å². The highest BCUT2D eigenvalue weighted by molar-refractivity contribution is 6.40. The Bertz CT molecular complexity index is 747. The lowest BCUT2D eigenvalue weighted by Gasteiger charge is -2.39. The third-order valence-electron chi connectivity index (χ3n) is 6.11. The highest BCUT2D eigenvalue weighted by Crippen LogP contribution is 2.27. The van der Waals surface area contributed by atoms with Crippen LogP contribution in [0.5, 0.6) is 0 Å². The van der Waals surface area contributed by atoms with Crippen molar-refractivity contribution in [1.29, 1.82) is 0 Å². The average molecular weight is 417 g/mol. The van der Waals surface area contributed by atoms with E-state index in [1.54, 1.807) is 12.1 Å². The Kier molecular flexibility index (Phi) is 8.18. The average Bonchev–Trinajstić information content (AvgIpc) is 2.69. The first-order valence-corrected chi connectivity index (χ1v) is 10.8. The van der Waals surface area contributed by atoms with Gasteiger partial charge in [0.05, 0.1) is 13.7 Å². The van der Waals surface area contributed by atoms with Gasteiger partial charge in [0.15, 0.2) is 0 Å². The first-order valence-electron chi connectivity index (χ1n) is 10.8. The molecule has 1 heterocycles. The van der Waals surface area contributed by atoms with Crippen LogP contribution in [0.2, 0.25) is 0 Å². The fourth-order valence-corrected chi connectivity index (χ4v) is 4.48. The van der Waals surface area contributed by atoms with E-state index >= 15 is 0 Å². The summed E-state index contributed by atoms with van der Waals surface area (Å²) in [7, 11) is 1.19. The number of piperidine rings is 1. The molecule has 0 aromatic heterocycles. The van der Waals surface area contributed by atoms with Gasteiger partial charge in [-0.1, -0.05) is 37.6 Å². The maximum atomic E-state index is 12.7. The van der Waals surface area contributed by atoms with Crippen molar-refractivity contribution in [3.05, 3.63) is 35.4 Å². The Morgan fingerprint density at radius 2 is 1.70 bits per heavy atom. The SMILES string of the molecule is COC(=O)C(=O)c1ccc(C(C)CC(C)(C)NC(=O)CN2C(C)CCCC2C)cc1. The molecular formula is C24H36N2O4. The molecule has 0 aliphatic carbocycles. The predicted molar refractivity (Wildman–Crippen MR) is 118 cm³/mol. The Morgan fingerprint density at radius 3 is 2.23 bits per heavy atom. The molecule has 6 heteroatoms. The number of benzene rings is 1. The van der Waals surface area contributed by atoms with Crippen molar-refractivity contribution in [2.45, 2.75) is 83.8 Å². The zero-order valence-electron chi connectivity index (χ0n) is 19.2. The molecule has 1 aliphatic rings. The number of nitrogens with zero attached hydrogens (tertiary/aromatic N) is 1. The number of ketones is 1. The van der Waals surface area contributed by atoms with Crippen LogP contribution in [0.25, 0.3) is 0 Å². The fraction of sp³-hybridized carbons (Fsp3) is 0.625. The number of hydrogen-bond donors (Lipinski definition) is 1. The third kappa shape index (κ3) is 6.39. The van der Waals surface area contributed by atoms with Crippen LogP contribution in [0.15, 0.2) is 24.3 Å². The molecule has 0 spiro atoms. The monoisotopic (exact) mass is 416 g/mol. The molecular weight excluding hydrogens is 380 g/mol. The minimum atomic E-state index is -0.864. The number of carbonyl (C=O) groups is 3. The zero-order valence-corrected chi connectivity index (χ0v) is 19.2. The Labute approximate surface area is 180 Å². The fourth-order valence-electron chi connectivity index (χ4n) is 4.48. The number of hydrogen-bond acceptors (Lipinski definition) is 5. The van der Waals surface area contributed by atoms with Crippen molar-refractivity contribution in [1.82, 2.24) is 10.2 Å². The summed E-state index contributed by atoms with van der Waals surface area (Å²) in [4.78, 5) is 38.3. The highest BCUT2D eigenvalue weighted by Gasteiger charge is 2.29. The van der Waals surface area contributed by atoms with E-state index < -0.39 is 11.8 Å². The molecule has 1 amide bonds. The summed E-state index contributed by atoms with van der Waals surface area (Å²) in [5.74, 6) is -1.27. The highest BCUT2D eigenvalue weighted by atomic mass is 16.5. The summed E-state index contributed by atoms with van der Waals surface area (Å²) < 4.78 is 4.48. The molecule has 6 nitrogen and oxygen atoms in total. The molecule has 0 radical (unpaired) electrons. The van der Waals surface area contributed by atoms with Crippen LogP contribution in [-0.4, -0.2) is 53.8 Å². The first kappa shape index (κ1) is 24.1. The molecule has 1 aromatic rings. The summed E-state index contributed by atoms with van der Waals surface area (Å²) in [6, 6.07) is 7.89. The van der Waals surface area contributed by atoms with Gasteiger partial charge in [-0.05, 0) is 58.4 Å². The topological polar surface area (TPSA) is 75.7 Å². The van der Waals surface area contributed by atoms with Crippen molar-refractivity contribution < 1.29 is 19.1 Å².